The van der Waals surface area contributed by atoms with E-state index in [4.69, 9.17) is 4.42 Å². The van der Waals surface area contributed by atoms with Crippen LogP contribution in [-0.4, -0.2) is 46.0 Å². The normalized spacial score (nSPS) is 24.1. The Balaban J connectivity index is 1.40. The first-order chi connectivity index (χ1) is 11.6. The van der Waals surface area contributed by atoms with Crippen LogP contribution in [-0.2, 0) is 6.54 Å². The Morgan fingerprint density at radius 3 is 2.58 bits per heavy atom. The summed E-state index contributed by atoms with van der Waals surface area (Å²) in [5, 5.41) is 0. The molecule has 24 heavy (non-hydrogen) atoms. The number of rotatable bonds is 4. The van der Waals surface area contributed by atoms with Crippen molar-refractivity contribution in [3.8, 4) is 0 Å². The Morgan fingerprint density at radius 2 is 1.92 bits per heavy atom. The monoisotopic (exact) mass is 327 g/mol. The molecule has 2 aromatic heterocycles. The minimum absolute atomic E-state index is 0.390. The Labute approximate surface area is 142 Å². The number of oxazole rings is 1. The SMILES string of the molecule is Cc1cncnc1N1CC2CN(Cc3ncoc3C(C)C)CC2C1. The minimum atomic E-state index is 0.390. The predicted molar refractivity (Wildman–Crippen MR) is 91.8 cm³/mol. The number of hydrogen-bond donors (Lipinski definition) is 0. The molecule has 6 nitrogen and oxygen atoms in total. The molecule has 0 amide bonds. The van der Waals surface area contributed by atoms with Crippen molar-refractivity contribution in [2.24, 2.45) is 11.8 Å². The summed E-state index contributed by atoms with van der Waals surface area (Å²) in [6.45, 7) is 11.8. The molecule has 0 bridgehead atoms. The molecule has 6 heteroatoms. The van der Waals surface area contributed by atoms with Crippen LogP contribution in [0.25, 0.3) is 0 Å². The fourth-order valence-electron chi connectivity index (χ4n) is 4.19. The third-order valence-corrected chi connectivity index (χ3v) is 5.30. The van der Waals surface area contributed by atoms with Gasteiger partial charge in [0.2, 0.25) is 0 Å². The molecule has 0 radical (unpaired) electrons. The molecule has 2 atom stereocenters. The van der Waals surface area contributed by atoms with E-state index < -0.39 is 0 Å². The molecule has 0 N–H and O–H groups in total. The standard InChI is InChI=1S/C18H25N5O/c1-12(2)17-16(21-11-24-17)9-22-5-14-7-23(8-15(14)6-22)18-13(3)4-19-10-20-18/h4,10-12,14-15H,5-9H2,1-3H3. The summed E-state index contributed by atoms with van der Waals surface area (Å²) in [6, 6.07) is 0. The first kappa shape index (κ1) is 15.6. The Hall–Kier alpha value is -1.95. The van der Waals surface area contributed by atoms with Gasteiger partial charge in [0.25, 0.3) is 0 Å². The molecule has 2 saturated heterocycles. The number of aryl methyl sites for hydroxylation is 1. The van der Waals surface area contributed by atoms with E-state index in [-0.39, 0.29) is 0 Å². The van der Waals surface area contributed by atoms with Gasteiger partial charge in [-0.25, -0.2) is 15.0 Å². The van der Waals surface area contributed by atoms with Gasteiger partial charge in [0.15, 0.2) is 6.39 Å². The number of fused-ring (bicyclic) bond motifs is 1. The fourth-order valence-corrected chi connectivity index (χ4v) is 4.19. The van der Waals surface area contributed by atoms with Crippen molar-refractivity contribution in [3.63, 3.8) is 0 Å². The molecule has 2 aromatic rings. The molecule has 0 saturated carbocycles. The van der Waals surface area contributed by atoms with E-state index in [2.05, 4.69) is 45.5 Å². The van der Waals surface area contributed by atoms with Crippen LogP contribution < -0.4 is 4.90 Å². The molecule has 4 rings (SSSR count). The van der Waals surface area contributed by atoms with Crippen molar-refractivity contribution in [2.45, 2.75) is 33.2 Å². The summed E-state index contributed by atoms with van der Waals surface area (Å²) >= 11 is 0. The minimum Gasteiger partial charge on any atom is -0.448 e. The zero-order valence-corrected chi connectivity index (χ0v) is 14.6. The van der Waals surface area contributed by atoms with Gasteiger partial charge in [-0.3, -0.25) is 4.90 Å². The maximum absolute atomic E-state index is 5.56. The van der Waals surface area contributed by atoms with E-state index in [9.17, 15) is 0 Å². The largest absolute Gasteiger partial charge is 0.448 e. The van der Waals surface area contributed by atoms with E-state index in [1.54, 1.807) is 12.7 Å². The van der Waals surface area contributed by atoms with Crippen molar-refractivity contribution in [3.05, 3.63) is 35.9 Å². The highest BCUT2D eigenvalue weighted by Crippen LogP contribution is 2.35. The van der Waals surface area contributed by atoms with Gasteiger partial charge in [0, 0.05) is 50.4 Å². The summed E-state index contributed by atoms with van der Waals surface area (Å²) < 4.78 is 5.56. The molecule has 2 unspecified atom stereocenters. The van der Waals surface area contributed by atoms with Crippen LogP contribution >= 0.6 is 0 Å². The Kier molecular flexibility index (Phi) is 4.00. The van der Waals surface area contributed by atoms with Crippen molar-refractivity contribution in [2.75, 3.05) is 31.1 Å². The van der Waals surface area contributed by atoms with Crippen molar-refractivity contribution in [1.82, 2.24) is 19.9 Å². The first-order valence-corrected chi connectivity index (χ1v) is 8.78. The molecular formula is C18H25N5O. The second kappa shape index (κ2) is 6.16. The van der Waals surface area contributed by atoms with Crippen LogP contribution in [0.15, 0.2) is 23.3 Å². The average molecular weight is 327 g/mol. The third-order valence-electron chi connectivity index (χ3n) is 5.30. The highest BCUT2D eigenvalue weighted by molar-refractivity contribution is 5.46. The maximum atomic E-state index is 5.56. The van der Waals surface area contributed by atoms with Crippen LogP contribution in [0.5, 0.6) is 0 Å². The van der Waals surface area contributed by atoms with E-state index >= 15 is 0 Å². The van der Waals surface area contributed by atoms with Gasteiger partial charge in [0.05, 0.1) is 5.69 Å². The lowest BCUT2D eigenvalue weighted by molar-refractivity contribution is 0.302. The van der Waals surface area contributed by atoms with E-state index in [1.165, 1.54) is 5.56 Å². The fraction of sp³-hybridized carbons (Fsp3) is 0.611. The van der Waals surface area contributed by atoms with Crippen LogP contribution in [0.3, 0.4) is 0 Å². The summed E-state index contributed by atoms with van der Waals surface area (Å²) in [4.78, 5) is 18.0. The molecule has 0 aliphatic carbocycles. The van der Waals surface area contributed by atoms with Crippen LogP contribution in [0.2, 0.25) is 0 Å². The maximum Gasteiger partial charge on any atom is 0.181 e. The number of hydrogen-bond acceptors (Lipinski definition) is 6. The molecule has 2 aliphatic heterocycles. The number of nitrogens with zero attached hydrogens (tertiary/aromatic N) is 5. The Morgan fingerprint density at radius 1 is 1.17 bits per heavy atom. The lowest BCUT2D eigenvalue weighted by Crippen LogP contribution is -2.29. The summed E-state index contributed by atoms with van der Waals surface area (Å²) in [5.74, 6) is 3.96. The molecule has 0 spiro atoms. The third kappa shape index (κ3) is 2.79. The number of anilines is 1. The van der Waals surface area contributed by atoms with Gasteiger partial charge in [-0.15, -0.1) is 0 Å². The summed E-state index contributed by atoms with van der Waals surface area (Å²) in [6.07, 6.45) is 5.14. The molecule has 128 valence electrons. The van der Waals surface area contributed by atoms with Crippen LogP contribution in [0.1, 0.15) is 36.8 Å². The van der Waals surface area contributed by atoms with Gasteiger partial charge in [-0.05, 0) is 18.8 Å². The zero-order chi connectivity index (χ0) is 16.7. The van der Waals surface area contributed by atoms with E-state index in [1.807, 2.05) is 6.20 Å². The zero-order valence-electron chi connectivity index (χ0n) is 14.6. The smallest absolute Gasteiger partial charge is 0.181 e. The highest BCUT2D eigenvalue weighted by Gasteiger charge is 2.41. The van der Waals surface area contributed by atoms with Gasteiger partial charge < -0.3 is 9.32 Å². The van der Waals surface area contributed by atoms with Crippen molar-refractivity contribution >= 4 is 5.82 Å². The average Bonchev–Trinajstić information content (AvgIpc) is 3.22. The summed E-state index contributed by atoms with van der Waals surface area (Å²) in [5.41, 5.74) is 2.27. The van der Waals surface area contributed by atoms with Crippen molar-refractivity contribution in [1.29, 1.82) is 0 Å². The topological polar surface area (TPSA) is 58.3 Å². The van der Waals surface area contributed by atoms with Gasteiger partial charge >= 0.3 is 0 Å². The van der Waals surface area contributed by atoms with Crippen LogP contribution in [0, 0.1) is 18.8 Å². The van der Waals surface area contributed by atoms with Gasteiger partial charge in [-0.1, -0.05) is 13.8 Å². The quantitative estimate of drug-likeness (QED) is 0.860. The second-order valence-corrected chi connectivity index (χ2v) is 7.47. The number of aromatic nitrogens is 3. The highest BCUT2D eigenvalue weighted by atomic mass is 16.3. The van der Waals surface area contributed by atoms with Crippen LogP contribution in [0.4, 0.5) is 5.82 Å². The molecule has 2 fully saturated rings. The van der Waals surface area contributed by atoms with E-state index in [0.29, 0.717) is 17.8 Å². The molecule has 0 aromatic carbocycles. The lowest BCUT2D eigenvalue weighted by atomic mass is 10.0. The number of likely N-dealkylation sites (tertiary alicyclic amines) is 1. The molecule has 4 heterocycles. The van der Waals surface area contributed by atoms with E-state index in [0.717, 1.165) is 50.0 Å². The van der Waals surface area contributed by atoms with Gasteiger partial charge in [-0.2, -0.15) is 0 Å². The first-order valence-electron chi connectivity index (χ1n) is 8.78. The van der Waals surface area contributed by atoms with Crippen molar-refractivity contribution < 1.29 is 4.42 Å². The lowest BCUT2D eigenvalue weighted by Gasteiger charge is -2.23. The second-order valence-electron chi connectivity index (χ2n) is 7.47. The summed E-state index contributed by atoms with van der Waals surface area (Å²) in [7, 11) is 0. The molecular weight excluding hydrogens is 302 g/mol. The predicted octanol–water partition coefficient (Wildman–Crippen LogP) is 2.46. The Bertz CT molecular complexity index is 699. The van der Waals surface area contributed by atoms with Gasteiger partial charge in [0.1, 0.15) is 17.9 Å². The molecule has 2 aliphatic rings.